The lowest BCUT2D eigenvalue weighted by Gasteiger charge is -2.14. The monoisotopic (exact) mass is 1830 g/mol. The van der Waals surface area contributed by atoms with Gasteiger partial charge in [0, 0.05) is 109 Å². The number of nitrogens with zero attached hydrogens (tertiary/aromatic N) is 25. The van der Waals surface area contributed by atoms with Gasteiger partial charge >= 0.3 is 24.7 Å². The van der Waals surface area contributed by atoms with Crippen molar-refractivity contribution >= 4 is 131 Å². The molecule has 46 heteroatoms. The Labute approximate surface area is 722 Å². The van der Waals surface area contributed by atoms with Crippen molar-refractivity contribution in [1.29, 1.82) is 5.26 Å². The minimum atomic E-state index is -4.61. The molecular formula is C81H66BrClF13N31. The van der Waals surface area contributed by atoms with E-state index in [-0.39, 0.29) is 37.9 Å². The lowest BCUT2D eigenvalue weighted by Crippen LogP contribution is -2.09. The Morgan fingerprint density at radius 1 is 0.299 bits per heavy atom. The first-order valence-electron chi connectivity index (χ1n) is 37.2. The highest BCUT2D eigenvalue weighted by Crippen LogP contribution is 2.41. The Morgan fingerprint density at radius 2 is 0.559 bits per heavy atom. The summed E-state index contributed by atoms with van der Waals surface area (Å²) in [5.74, 6) is 5.81. The molecule has 12 heterocycles. The maximum Gasteiger partial charge on any atom is 0.417 e. The second kappa shape index (κ2) is 37.1. The van der Waals surface area contributed by atoms with E-state index in [1.807, 2.05) is 26.0 Å². The molecule has 18 aromatic rings. The average molecular weight is 1840 g/mol. The molecule has 0 unspecified atom stereocenters. The van der Waals surface area contributed by atoms with E-state index in [2.05, 4.69) is 170 Å². The molecule has 0 saturated carbocycles. The van der Waals surface area contributed by atoms with E-state index in [0.29, 0.717) is 92.0 Å². The summed E-state index contributed by atoms with van der Waals surface area (Å²) in [5, 5.41) is 50.8. The van der Waals surface area contributed by atoms with Gasteiger partial charge in [-0.3, -0.25) is 0 Å². The fourth-order valence-corrected chi connectivity index (χ4v) is 12.8. The van der Waals surface area contributed by atoms with Crippen molar-refractivity contribution in [3.63, 3.8) is 0 Å². The zero-order valence-electron chi connectivity index (χ0n) is 67.7. The van der Waals surface area contributed by atoms with E-state index in [0.717, 1.165) is 64.7 Å². The molecule has 31 nitrogen and oxygen atoms in total. The molecule has 0 atom stereocenters. The molecule has 0 saturated heterocycles. The molecule has 6 N–H and O–H groups in total. The number of aromatic nitrogens is 24. The number of benzene rings is 6. The summed E-state index contributed by atoms with van der Waals surface area (Å²) in [6, 6.07) is 38.2. The minimum Gasteiger partial charge on any atom is -0.340 e. The van der Waals surface area contributed by atoms with Gasteiger partial charge in [0.25, 0.3) is 34.7 Å². The van der Waals surface area contributed by atoms with Gasteiger partial charge in [0.05, 0.1) is 38.9 Å². The van der Waals surface area contributed by atoms with Gasteiger partial charge in [0.1, 0.15) is 78.7 Å². The topological polar surface area (TPSA) is 354 Å². The highest BCUT2D eigenvalue weighted by molar-refractivity contribution is 9.10. The van der Waals surface area contributed by atoms with Gasteiger partial charge in [0.2, 0.25) is 0 Å². The predicted octanol–water partition coefficient (Wildman–Crippen LogP) is 19.8. The molecule has 0 aliphatic carbocycles. The van der Waals surface area contributed by atoms with Crippen LogP contribution in [-0.2, 0) is 24.7 Å². The number of aryl methyl sites for hydroxylation is 10. The molecule has 0 amide bonds. The van der Waals surface area contributed by atoms with E-state index in [1.165, 1.54) is 117 Å². The number of nitriles is 1. The Kier molecular flexibility index (Phi) is 26.1. The van der Waals surface area contributed by atoms with Crippen LogP contribution in [0.5, 0.6) is 0 Å². The van der Waals surface area contributed by atoms with Gasteiger partial charge in [-0.05, 0) is 189 Å². The van der Waals surface area contributed by atoms with E-state index < -0.39 is 52.5 Å². The van der Waals surface area contributed by atoms with Crippen molar-refractivity contribution < 1.29 is 57.1 Å². The number of alkyl halides is 12. The summed E-state index contributed by atoms with van der Waals surface area (Å²) in [7, 11) is 0. The lowest BCUT2D eigenvalue weighted by molar-refractivity contribution is -0.138. The van der Waals surface area contributed by atoms with Crippen LogP contribution in [0.4, 0.5) is 126 Å². The quantitative estimate of drug-likeness (QED) is 0.0619. The van der Waals surface area contributed by atoms with Crippen LogP contribution in [-0.4, -0.2) is 117 Å². The normalized spacial score (nSPS) is 11.5. The van der Waals surface area contributed by atoms with E-state index in [4.69, 9.17) is 16.9 Å². The predicted molar refractivity (Wildman–Crippen MR) is 448 cm³/mol. The minimum absolute atomic E-state index is 0.0117. The van der Waals surface area contributed by atoms with Crippen molar-refractivity contribution in [2.24, 2.45) is 0 Å². The highest BCUT2D eigenvalue weighted by atomic mass is 79.9. The van der Waals surface area contributed by atoms with Crippen molar-refractivity contribution in [3.05, 3.63) is 283 Å². The lowest BCUT2D eigenvalue weighted by atomic mass is 10.1. The summed E-state index contributed by atoms with van der Waals surface area (Å²) in [6.45, 7) is 18.2. The van der Waals surface area contributed by atoms with Gasteiger partial charge in [-0.2, -0.15) is 146 Å². The van der Waals surface area contributed by atoms with E-state index >= 15 is 0 Å². The summed E-state index contributed by atoms with van der Waals surface area (Å²) in [6.07, 6.45) is -9.73. The number of hydrogen-bond donors (Lipinski definition) is 6. The van der Waals surface area contributed by atoms with Crippen LogP contribution >= 0.6 is 27.5 Å². The number of nitrogens with one attached hydrogen (secondary N) is 6. The fraction of sp³-hybridized carbons (Fsp3) is 0.173. The van der Waals surface area contributed by atoms with Crippen LogP contribution in [0.15, 0.2) is 188 Å². The molecule has 0 bridgehead atoms. The van der Waals surface area contributed by atoms with E-state index in [9.17, 15) is 57.1 Å². The first-order chi connectivity index (χ1) is 60.2. The first kappa shape index (κ1) is 89.5. The van der Waals surface area contributed by atoms with Gasteiger partial charge < -0.3 is 31.9 Å². The number of anilines is 12. The third-order valence-electron chi connectivity index (χ3n) is 18.1. The maximum absolute atomic E-state index is 13.2. The maximum atomic E-state index is 13.2. The first-order valence-corrected chi connectivity index (χ1v) is 38.4. The van der Waals surface area contributed by atoms with Crippen LogP contribution < -0.4 is 31.9 Å². The van der Waals surface area contributed by atoms with Crippen molar-refractivity contribution in [2.75, 3.05) is 31.9 Å². The molecule has 0 radical (unpaired) electrons. The summed E-state index contributed by atoms with van der Waals surface area (Å²) >= 11 is 8.51. The van der Waals surface area contributed by atoms with Crippen molar-refractivity contribution in [1.82, 2.24) is 117 Å². The average Bonchev–Trinajstić information content (AvgIpc) is 1.79. The van der Waals surface area contributed by atoms with Gasteiger partial charge in [0.15, 0.2) is 0 Å². The second-order valence-corrected chi connectivity index (χ2v) is 29.1. The molecule has 0 aliphatic heterocycles. The van der Waals surface area contributed by atoms with Crippen LogP contribution in [0.25, 0.3) is 34.7 Å². The molecule has 6 aromatic carbocycles. The summed E-state index contributed by atoms with van der Waals surface area (Å²) in [4.78, 5) is 49.2. The molecule has 18 rings (SSSR count). The molecule has 0 fully saturated rings. The summed E-state index contributed by atoms with van der Waals surface area (Å²) < 4.78 is 178. The third-order valence-corrected chi connectivity index (χ3v) is 19.1. The molecule has 650 valence electrons. The highest BCUT2D eigenvalue weighted by Gasteiger charge is 2.37. The molecule has 0 aliphatic rings. The van der Waals surface area contributed by atoms with Gasteiger partial charge in [-0.25, -0.2) is 34.3 Å². The molecule has 127 heavy (non-hydrogen) atoms. The summed E-state index contributed by atoms with van der Waals surface area (Å²) in [5.41, 5.74) is 6.81. The van der Waals surface area contributed by atoms with Crippen LogP contribution in [0.3, 0.4) is 0 Å². The van der Waals surface area contributed by atoms with Crippen molar-refractivity contribution in [3.8, 4) is 6.07 Å². The zero-order chi connectivity index (χ0) is 91.1. The standard InChI is InChI=1S/C14H9F3N6.C14H12F3N5.C14H15N5.C13H9BrF3N5.C13H9ClF3N5.C13H12FN5/c1-8-4-12(23-13(21-8)19-7-20-23)22-10-3-2-9(6-18)11(5-10)14(15,16)17;1-8-3-4-10(6-11(8)14(15,16)17)21-12-5-9(2)20-13-18-7-19-22(12)13;1-9-4-5-12(6-10(9)2)18-13-7-11(3)17-14-15-8-16-19(13)14;2*1-7-4-11(22-12(20-7)18-6-19-22)21-8-2-3-10(14)9(5-8)13(15,16)17;1-8-5-10(3-4-11(8)14)18-12-6-9(2)17-13-15-7-16-19(12)13/h2-5,7,22H,1H3;3-7,21H,1-2H3;4-8,18H,1-3H3;2*2-6,21H,1H3;3-7,18H,1-2H3. The van der Waals surface area contributed by atoms with Gasteiger partial charge in [-0.1, -0.05) is 39.7 Å². The number of hydrogen-bond acceptors (Lipinski definition) is 25. The second-order valence-electron chi connectivity index (χ2n) is 27.8. The Hall–Kier alpha value is -15.2. The molecule has 0 spiro atoms. The Balaban J connectivity index is 0.000000131. The number of rotatable bonds is 12. The third kappa shape index (κ3) is 21.9. The fourth-order valence-electron chi connectivity index (χ4n) is 12.1. The number of halogens is 15. The largest absolute Gasteiger partial charge is 0.417 e. The number of fused-ring (bicyclic) bond motifs is 6. The molecular weight excluding hydrogens is 1770 g/mol. The SMILES string of the molecule is Cc1cc(Nc2ccc(Br)c(C(F)(F)F)c2)n2ncnc2n1.Cc1cc(Nc2ccc(C#N)c(C(F)(F)F)c2)n2ncnc2n1.Cc1cc(Nc2ccc(C)c(C(F)(F)F)c2)n2ncnc2n1.Cc1cc(Nc2ccc(C)c(C)c2)n2ncnc2n1.Cc1cc(Nc2ccc(Cl)c(C(F)(F)F)c2)n2ncnc2n1.Cc1cc(Nc2ccc(F)c(C)c2)n2ncnc2n1. The Bertz CT molecular complexity index is 6650. The smallest absolute Gasteiger partial charge is 0.340 e. The Morgan fingerprint density at radius 3 is 0.866 bits per heavy atom. The van der Waals surface area contributed by atoms with Crippen molar-refractivity contribution in [2.45, 2.75) is 93.9 Å². The van der Waals surface area contributed by atoms with Crippen LogP contribution in [0.1, 0.15) is 84.2 Å². The zero-order valence-corrected chi connectivity index (χ0v) is 70.0. The van der Waals surface area contributed by atoms with Gasteiger partial charge in [-0.15, -0.1) is 0 Å². The molecule has 12 aromatic heterocycles. The van der Waals surface area contributed by atoms with Crippen LogP contribution in [0, 0.1) is 86.4 Å². The van der Waals surface area contributed by atoms with E-state index in [1.54, 1.807) is 92.2 Å². The van der Waals surface area contributed by atoms with Crippen LogP contribution in [0.2, 0.25) is 5.02 Å².